The first-order chi connectivity index (χ1) is 15.3. The van der Waals surface area contributed by atoms with Crippen molar-refractivity contribution in [2.24, 2.45) is 11.3 Å². The molecule has 170 valence electrons. The maximum absolute atomic E-state index is 15.2. The van der Waals surface area contributed by atoms with E-state index in [2.05, 4.69) is 24.1 Å². The van der Waals surface area contributed by atoms with E-state index in [1.165, 1.54) is 0 Å². The number of alkyl carbamates (subject to hydrolysis) is 1. The molecule has 32 heavy (non-hydrogen) atoms. The van der Waals surface area contributed by atoms with Crippen LogP contribution >= 0.6 is 0 Å². The summed E-state index contributed by atoms with van der Waals surface area (Å²) in [6.07, 6.45) is 2.51. The number of piperidine rings is 3. The molecule has 6 heteroatoms. The molecule has 3 heterocycles. The molecule has 0 spiro atoms. The van der Waals surface area contributed by atoms with Gasteiger partial charge in [0.1, 0.15) is 17.7 Å². The third-order valence-corrected chi connectivity index (χ3v) is 7.49. The molecule has 1 aliphatic carbocycles. The number of nitrogens with zero attached hydrogens (tertiary/aromatic N) is 1. The fraction of sp³-hybridized carbons (Fsp3) is 0.500. The van der Waals surface area contributed by atoms with Crippen molar-refractivity contribution in [1.82, 2.24) is 10.2 Å². The van der Waals surface area contributed by atoms with Crippen LogP contribution in [-0.2, 0) is 11.2 Å². The summed E-state index contributed by atoms with van der Waals surface area (Å²) >= 11 is 0. The maximum Gasteiger partial charge on any atom is 0.407 e. The van der Waals surface area contributed by atoms with E-state index in [0.29, 0.717) is 11.5 Å². The Bertz CT molecular complexity index is 1010. The Morgan fingerprint density at radius 3 is 2.50 bits per heavy atom. The lowest BCUT2D eigenvalue weighted by Gasteiger charge is -2.44. The number of carbonyl (C=O) groups is 1. The zero-order valence-corrected chi connectivity index (χ0v) is 19.0. The van der Waals surface area contributed by atoms with Gasteiger partial charge < -0.3 is 14.8 Å². The van der Waals surface area contributed by atoms with Gasteiger partial charge in [0.05, 0.1) is 13.2 Å². The van der Waals surface area contributed by atoms with E-state index in [4.69, 9.17) is 9.47 Å². The number of hydrogen-bond donors (Lipinski definition) is 1. The Hall–Kier alpha value is -2.60. The molecule has 1 N–H and O–H groups in total. The Morgan fingerprint density at radius 2 is 1.88 bits per heavy atom. The van der Waals surface area contributed by atoms with Crippen molar-refractivity contribution < 1.29 is 18.7 Å². The van der Waals surface area contributed by atoms with Crippen LogP contribution in [0.3, 0.4) is 0 Å². The third-order valence-electron chi connectivity index (χ3n) is 7.49. The van der Waals surface area contributed by atoms with Crippen LogP contribution in [0.15, 0.2) is 36.4 Å². The van der Waals surface area contributed by atoms with Crippen LogP contribution in [0, 0.1) is 17.2 Å². The highest BCUT2D eigenvalue weighted by atomic mass is 19.1. The second kappa shape index (κ2) is 8.07. The van der Waals surface area contributed by atoms with E-state index < -0.39 is 6.09 Å². The first-order valence-electron chi connectivity index (χ1n) is 11.5. The lowest BCUT2D eigenvalue weighted by Crippen LogP contribution is -2.53. The number of carbonyl (C=O) groups excluding carboxylic acids is 1. The number of hydrogen-bond acceptors (Lipinski definition) is 4. The summed E-state index contributed by atoms with van der Waals surface area (Å²) in [5.41, 5.74) is 3.05. The monoisotopic (exact) mass is 438 g/mol. The molecule has 3 aliphatic heterocycles. The number of rotatable bonds is 4. The van der Waals surface area contributed by atoms with Gasteiger partial charge in [0.2, 0.25) is 0 Å². The molecule has 2 atom stereocenters. The zero-order chi connectivity index (χ0) is 22.5. The number of fused-ring (bicyclic) bond motifs is 4. The van der Waals surface area contributed by atoms with Crippen molar-refractivity contribution in [1.29, 1.82) is 0 Å². The SMILES string of the molecule is COc1ccc(-c2cc3c(cc2F)[C@H](NC(=O)O[C@H]2CN4CCC2CC4)C(C)(C)C3)cc1. The number of halogens is 1. The van der Waals surface area contributed by atoms with Crippen LogP contribution < -0.4 is 10.1 Å². The first kappa shape index (κ1) is 21.3. The van der Waals surface area contributed by atoms with Crippen molar-refractivity contribution in [2.75, 3.05) is 26.7 Å². The van der Waals surface area contributed by atoms with Gasteiger partial charge in [-0.3, -0.25) is 4.90 Å². The molecule has 6 rings (SSSR count). The molecule has 2 aromatic rings. The van der Waals surface area contributed by atoms with Crippen LogP contribution in [0.2, 0.25) is 0 Å². The van der Waals surface area contributed by atoms with Gasteiger partial charge in [0.15, 0.2) is 0 Å². The van der Waals surface area contributed by atoms with Gasteiger partial charge in [-0.2, -0.15) is 0 Å². The van der Waals surface area contributed by atoms with Crippen molar-refractivity contribution in [3.05, 3.63) is 53.3 Å². The Balaban J connectivity index is 1.35. The van der Waals surface area contributed by atoms with E-state index in [9.17, 15) is 4.79 Å². The topological polar surface area (TPSA) is 50.8 Å². The summed E-state index contributed by atoms with van der Waals surface area (Å²) < 4.78 is 26.2. The van der Waals surface area contributed by atoms with Gasteiger partial charge >= 0.3 is 6.09 Å². The molecule has 2 bridgehead atoms. The molecule has 5 nitrogen and oxygen atoms in total. The molecule has 0 radical (unpaired) electrons. The van der Waals surface area contributed by atoms with E-state index in [0.717, 1.165) is 61.3 Å². The lowest BCUT2D eigenvalue weighted by atomic mass is 9.85. The van der Waals surface area contributed by atoms with Crippen LogP contribution in [0.4, 0.5) is 9.18 Å². The van der Waals surface area contributed by atoms with Gasteiger partial charge in [-0.25, -0.2) is 9.18 Å². The molecule has 3 fully saturated rings. The summed E-state index contributed by atoms with van der Waals surface area (Å²) in [4.78, 5) is 15.2. The highest BCUT2D eigenvalue weighted by Gasteiger charge is 2.42. The minimum atomic E-state index is -0.394. The van der Waals surface area contributed by atoms with E-state index in [-0.39, 0.29) is 23.4 Å². The Labute approximate surface area is 188 Å². The van der Waals surface area contributed by atoms with E-state index >= 15 is 4.39 Å². The lowest BCUT2D eigenvalue weighted by molar-refractivity contribution is -0.0349. The molecular weight excluding hydrogens is 407 g/mol. The number of ether oxygens (including phenoxy) is 2. The highest BCUT2D eigenvalue weighted by Crippen LogP contribution is 2.47. The minimum Gasteiger partial charge on any atom is -0.497 e. The predicted molar refractivity (Wildman–Crippen MR) is 121 cm³/mol. The van der Waals surface area contributed by atoms with E-state index in [1.807, 2.05) is 30.3 Å². The average Bonchev–Trinajstić information content (AvgIpc) is 3.03. The molecule has 1 amide bonds. The molecule has 0 aromatic heterocycles. The normalized spacial score (nSPS) is 27.6. The standard InChI is InChI=1S/C26H31FN2O3/c1-26(2)14-18-12-20(16-4-6-19(31-3)7-5-16)22(27)13-21(18)24(26)28-25(30)32-23-15-29-10-8-17(23)9-11-29/h4-7,12-13,17,23-24H,8-11,14-15H2,1-3H3,(H,28,30)/t23-,24-/m0/s1. The first-order valence-corrected chi connectivity index (χ1v) is 11.5. The number of nitrogens with one attached hydrogen (secondary N) is 1. The van der Waals surface area contributed by atoms with Gasteiger partial charge in [-0.1, -0.05) is 26.0 Å². The predicted octanol–water partition coefficient (Wildman–Crippen LogP) is 4.95. The van der Waals surface area contributed by atoms with Gasteiger partial charge in [0, 0.05) is 12.1 Å². The fourth-order valence-electron chi connectivity index (χ4n) is 5.67. The van der Waals surface area contributed by atoms with Crippen molar-refractivity contribution >= 4 is 6.09 Å². The Morgan fingerprint density at radius 1 is 1.16 bits per heavy atom. The van der Waals surface area contributed by atoms with Crippen molar-refractivity contribution in [2.45, 2.75) is 45.3 Å². The van der Waals surface area contributed by atoms with Gasteiger partial charge in [-0.05, 0) is 84.6 Å². The number of benzene rings is 2. The van der Waals surface area contributed by atoms with Crippen molar-refractivity contribution in [3.8, 4) is 16.9 Å². The summed E-state index contributed by atoms with van der Waals surface area (Å²) in [5, 5.41) is 3.07. The van der Waals surface area contributed by atoms with Crippen LogP contribution in [0.1, 0.15) is 43.9 Å². The molecule has 4 aliphatic rings. The van der Waals surface area contributed by atoms with Crippen LogP contribution in [0.25, 0.3) is 11.1 Å². The molecular formula is C26H31FN2O3. The zero-order valence-electron chi connectivity index (χ0n) is 19.0. The van der Waals surface area contributed by atoms with Crippen LogP contribution in [0.5, 0.6) is 5.75 Å². The smallest absolute Gasteiger partial charge is 0.407 e. The summed E-state index contributed by atoms with van der Waals surface area (Å²) in [7, 11) is 1.61. The fourth-order valence-corrected chi connectivity index (χ4v) is 5.67. The third kappa shape index (κ3) is 3.85. The van der Waals surface area contributed by atoms with Gasteiger partial charge in [0.25, 0.3) is 0 Å². The molecule has 0 unspecified atom stereocenters. The maximum atomic E-state index is 15.2. The van der Waals surface area contributed by atoms with Crippen LogP contribution in [-0.4, -0.2) is 43.8 Å². The van der Waals surface area contributed by atoms with Gasteiger partial charge in [-0.15, -0.1) is 0 Å². The quantitative estimate of drug-likeness (QED) is 0.734. The summed E-state index contributed by atoms with van der Waals surface area (Å²) in [6.45, 7) is 7.24. The summed E-state index contributed by atoms with van der Waals surface area (Å²) in [6, 6.07) is 10.6. The molecule has 2 aromatic carbocycles. The van der Waals surface area contributed by atoms with Crippen molar-refractivity contribution in [3.63, 3.8) is 0 Å². The second-order valence-electron chi connectivity index (χ2n) is 10.1. The number of amides is 1. The largest absolute Gasteiger partial charge is 0.497 e. The van der Waals surface area contributed by atoms with E-state index in [1.54, 1.807) is 13.2 Å². The average molecular weight is 439 g/mol. The second-order valence-corrected chi connectivity index (χ2v) is 10.1. The molecule has 0 saturated carbocycles. The minimum absolute atomic E-state index is 0.0457. The number of methoxy groups -OCH3 is 1. The molecule has 3 saturated heterocycles. The highest BCUT2D eigenvalue weighted by molar-refractivity contribution is 5.70. The Kier molecular flexibility index (Phi) is 5.36. The summed E-state index contributed by atoms with van der Waals surface area (Å²) in [5.74, 6) is 0.908.